The molecule has 2 fully saturated rings. The third-order valence-corrected chi connectivity index (χ3v) is 5.73. The van der Waals surface area contributed by atoms with Crippen molar-refractivity contribution in [2.24, 2.45) is 11.8 Å². The summed E-state index contributed by atoms with van der Waals surface area (Å²) in [5, 5.41) is 10.4. The van der Waals surface area contributed by atoms with E-state index < -0.39 is 5.97 Å². The fraction of sp³-hybridized carbons (Fsp3) is 0.750. The van der Waals surface area contributed by atoms with Gasteiger partial charge in [-0.3, -0.25) is 4.90 Å². The first-order chi connectivity index (χ1) is 10.0. The number of rotatable bonds is 4. The molecule has 2 atom stereocenters. The summed E-state index contributed by atoms with van der Waals surface area (Å²) in [5.74, 6) is 1.03. The Morgan fingerprint density at radius 1 is 1.33 bits per heavy atom. The summed E-state index contributed by atoms with van der Waals surface area (Å²) in [4.78, 5) is 19.0. The zero-order valence-electron chi connectivity index (χ0n) is 12.8. The topological polar surface area (TPSA) is 53.4 Å². The zero-order valence-corrected chi connectivity index (χ0v) is 13.7. The van der Waals surface area contributed by atoms with Gasteiger partial charge in [0, 0.05) is 19.0 Å². The minimum absolute atomic E-state index is 0.389. The van der Waals surface area contributed by atoms with Crippen molar-refractivity contribution in [2.45, 2.75) is 52.0 Å². The van der Waals surface area contributed by atoms with E-state index in [0.29, 0.717) is 10.8 Å². The highest BCUT2D eigenvalue weighted by atomic mass is 32.1. The number of aromatic nitrogens is 1. The molecule has 1 N–H and O–H groups in total. The third-order valence-electron chi connectivity index (χ3n) is 4.69. The van der Waals surface area contributed by atoms with E-state index in [1.165, 1.54) is 24.2 Å². The molecule has 2 heterocycles. The lowest BCUT2D eigenvalue weighted by molar-refractivity contribution is 0.0699. The van der Waals surface area contributed by atoms with Crippen molar-refractivity contribution in [3.8, 4) is 0 Å². The Kier molecular flexibility index (Phi) is 4.31. The molecule has 2 aliphatic rings. The van der Waals surface area contributed by atoms with Crippen LogP contribution in [0.5, 0.6) is 0 Å². The first-order valence-electron chi connectivity index (χ1n) is 7.98. The molecule has 116 valence electrons. The quantitative estimate of drug-likeness (QED) is 0.923. The number of thiazole rings is 1. The van der Waals surface area contributed by atoms with Crippen molar-refractivity contribution in [3.63, 3.8) is 0 Å². The van der Waals surface area contributed by atoms with Gasteiger partial charge in [-0.2, -0.15) is 0 Å². The van der Waals surface area contributed by atoms with Gasteiger partial charge in [0.1, 0.15) is 9.88 Å². The standard InChI is InChI=1S/C16H24N2O2S/c1-10-6-11(2)8-18(7-10)9-13-17-14(12-4-3-5-12)15(21-13)16(19)20/h10-12H,3-9H2,1-2H3,(H,19,20). The van der Waals surface area contributed by atoms with Gasteiger partial charge in [-0.25, -0.2) is 9.78 Å². The summed E-state index contributed by atoms with van der Waals surface area (Å²) in [7, 11) is 0. The second-order valence-corrected chi connectivity index (χ2v) is 7.98. The molecule has 5 heteroatoms. The second kappa shape index (κ2) is 6.05. The highest BCUT2D eigenvalue weighted by Gasteiger charge is 2.30. The van der Waals surface area contributed by atoms with Crippen molar-refractivity contribution in [1.82, 2.24) is 9.88 Å². The molecular weight excluding hydrogens is 284 g/mol. The van der Waals surface area contributed by atoms with Gasteiger partial charge < -0.3 is 5.11 Å². The summed E-state index contributed by atoms with van der Waals surface area (Å²) >= 11 is 1.39. The number of likely N-dealkylation sites (tertiary alicyclic amines) is 1. The van der Waals surface area contributed by atoms with Crippen LogP contribution in [0.25, 0.3) is 0 Å². The van der Waals surface area contributed by atoms with Crippen molar-refractivity contribution in [1.29, 1.82) is 0 Å². The van der Waals surface area contributed by atoms with E-state index >= 15 is 0 Å². The Balaban J connectivity index is 1.74. The summed E-state index contributed by atoms with van der Waals surface area (Å²) in [6.07, 6.45) is 4.70. The molecule has 0 radical (unpaired) electrons. The van der Waals surface area contributed by atoms with Crippen LogP contribution in [0, 0.1) is 11.8 Å². The lowest BCUT2D eigenvalue weighted by Gasteiger charge is -2.34. The van der Waals surface area contributed by atoms with E-state index in [1.54, 1.807) is 0 Å². The minimum atomic E-state index is -0.805. The molecule has 0 spiro atoms. The summed E-state index contributed by atoms with van der Waals surface area (Å²) in [6.45, 7) is 7.61. The number of hydrogen-bond donors (Lipinski definition) is 1. The van der Waals surface area contributed by atoms with Crippen LogP contribution in [0.1, 0.15) is 65.8 Å². The Morgan fingerprint density at radius 2 is 2.00 bits per heavy atom. The predicted octanol–water partition coefficient (Wildman–Crippen LogP) is 3.59. The highest BCUT2D eigenvalue weighted by molar-refractivity contribution is 7.13. The summed E-state index contributed by atoms with van der Waals surface area (Å²) < 4.78 is 0. The van der Waals surface area contributed by atoms with E-state index in [4.69, 9.17) is 4.98 Å². The van der Waals surface area contributed by atoms with Crippen LogP contribution < -0.4 is 0 Å². The van der Waals surface area contributed by atoms with E-state index in [9.17, 15) is 9.90 Å². The largest absolute Gasteiger partial charge is 0.477 e. The molecular formula is C16H24N2O2S. The van der Waals surface area contributed by atoms with Gasteiger partial charge in [0.05, 0.1) is 12.2 Å². The van der Waals surface area contributed by atoms with Gasteiger partial charge in [-0.15, -0.1) is 11.3 Å². The molecule has 1 aliphatic carbocycles. The Labute approximate surface area is 130 Å². The van der Waals surface area contributed by atoms with Crippen LogP contribution in [-0.4, -0.2) is 34.0 Å². The number of carboxylic acids is 1. The SMILES string of the molecule is CC1CC(C)CN(Cc2nc(C3CCC3)c(C(=O)O)s2)C1. The number of carbonyl (C=O) groups is 1. The molecule has 2 unspecified atom stereocenters. The van der Waals surface area contributed by atoms with Gasteiger partial charge >= 0.3 is 5.97 Å². The Hall–Kier alpha value is -0.940. The molecule has 1 saturated carbocycles. The third kappa shape index (κ3) is 3.29. The van der Waals surface area contributed by atoms with Crippen LogP contribution in [-0.2, 0) is 6.54 Å². The van der Waals surface area contributed by atoms with Gasteiger partial charge in [0.15, 0.2) is 0 Å². The van der Waals surface area contributed by atoms with E-state index in [1.807, 2.05) is 0 Å². The van der Waals surface area contributed by atoms with Crippen LogP contribution in [0.15, 0.2) is 0 Å². The van der Waals surface area contributed by atoms with Crippen LogP contribution in [0.4, 0.5) is 0 Å². The zero-order chi connectivity index (χ0) is 15.0. The van der Waals surface area contributed by atoms with Crippen LogP contribution in [0.3, 0.4) is 0 Å². The highest BCUT2D eigenvalue weighted by Crippen LogP contribution is 2.39. The fourth-order valence-corrected chi connectivity index (χ4v) is 4.70. The normalized spacial score (nSPS) is 27.5. The number of piperidine rings is 1. The van der Waals surface area contributed by atoms with Gasteiger partial charge in [-0.05, 0) is 31.1 Å². The molecule has 3 rings (SSSR count). The molecule has 1 aliphatic heterocycles. The van der Waals surface area contributed by atoms with E-state index in [0.717, 1.165) is 55.0 Å². The summed E-state index contributed by atoms with van der Waals surface area (Å²) in [5.41, 5.74) is 0.854. The molecule has 21 heavy (non-hydrogen) atoms. The van der Waals surface area contributed by atoms with E-state index in [-0.39, 0.29) is 0 Å². The van der Waals surface area contributed by atoms with Crippen molar-refractivity contribution in [3.05, 3.63) is 15.6 Å². The Bertz CT molecular complexity index is 514. The van der Waals surface area contributed by atoms with Gasteiger partial charge in [0.25, 0.3) is 0 Å². The van der Waals surface area contributed by atoms with Crippen molar-refractivity contribution >= 4 is 17.3 Å². The molecule has 1 aromatic rings. The van der Waals surface area contributed by atoms with Crippen molar-refractivity contribution < 1.29 is 9.90 Å². The number of hydrogen-bond acceptors (Lipinski definition) is 4. The molecule has 0 bridgehead atoms. The van der Waals surface area contributed by atoms with Crippen LogP contribution >= 0.6 is 11.3 Å². The molecule has 4 nitrogen and oxygen atoms in total. The molecule has 0 aromatic carbocycles. The lowest BCUT2D eigenvalue weighted by atomic mass is 9.82. The first kappa shape index (κ1) is 15.0. The average Bonchev–Trinajstić information content (AvgIpc) is 2.69. The number of nitrogens with zero attached hydrogens (tertiary/aromatic N) is 2. The van der Waals surface area contributed by atoms with Crippen LogP contribution in [0.2, 0.25) is 0 Å². The fourth-order valence-electron chi connectivity index (χ4n) is 3.67. The smallest absolute Gasteiger partial charge is 0.347 e. The summed E-state index contributed by atoms with van der Waals surface area (Å²) in [6, 6.07) is 0. The van der Waals surface area contributed by atoms with Gasteiger partial charge in [0.2, 0.25) is 0 Å². The maximum absolute atomic E-state index is 11.4. The maximum atomic E-state index is 11.4. The molecule has 0 amide bonds. The number of carboxylic acid groups (broad SMARTS) is 1. The van der Waals surface area contributed by atoms with E-state index in [2.05, 4.69) is 18.7 Å². The average molecular weight is 308 g/mol. The van der Waals surface area contributed by atoms with Gasteiger partial charge in [-0.1, -0.05) is 20.3 Å². The molecule has 1 saturated heterocycles. The Morgan fingerprint density at radius 3 is 2.52 bits per heavy atom. The lowest BCUT2D eigenvalue weighted by Crippen LogP contribution is -2.38. The van der Waals surface area contributed by atoms with Crippen molar-refractivity contribution in [2.75, 3.05) is 13.1 Å². The number of aromatic carboxylic acids is 1. The first-order valence-corrected chi connectivity index (χ1v) is 8.79. The molecule has 1 aromatic heterocycles. The minimum Gasteiger partial charge on any atom is -0.477 e. The second-order valence-electron chi connectivity index (χ2n) is 6.90. The monoisotopic (exact) mass is 308 g/mol. The predicted molar refractivity (Wildman–Crippen MR) is 83.9 cm³/mol. The maximum Gasteiger partial charge on any atom is 0.347 e.